The van der Waals surface area contributed by atoms with E-state index in [0.29, 0.717) is 36.4 Å². The SMILES string of the molecule is Cc1nc2c(N3CC[C@@H](Nc4ccc(OC(F)(F)F)cc4)[C@@H](C)C3)c(C#N)c(=O)n(C)c2s1. The number of halogens is 3. The minimum Gasteiger partial charge on any atom is -0.406 e. The van der Waals surface area contributed by atoms with E-state index >= 15 is 0 Å². The molecule has 0 unspecified atom stereocenters. The Morgan fingerprint density at radius 1 is 1.30 bits per heavy atom. The van der Waals surface area contributed by atoms with E-state index in [2.05, 4.69) is 28.0 Å². The summed E-state index contributed by atoms with van der Waals surface area (Å²) in [6.07, 6.45) is -4.01. The normalized spacial score (nSPS) is 18.9. The molecular formula is C22H22F3N5O2S. The van der Waals surface area contributed by atoms with Crippen LogP contribution in [0, 0.1) is 24.2 Å². The number of rotatable bonds is 4. The second-order valence-corrected chi connectivity index (χ2v) is 9.30. The number of hydrogen-bond acceptors (Lipinski definition) is 7. The molecule has 0 radical (unpaired) electrons. The fraction of sp³-hybridized carbons (Fsp3) is 0.409. The van der Waals surface area contributed by atoms with E-state index < -0.39 is 6.36 Å². The molecular weight excluding hydrogens is 455 g/mol. The molecule has 3 aromatic rings. The number of ether oxygens (including phenoxy) is 1. The van der Waals surface area contributed by atoms with Crippen LogP contribution < -0.4 is 20.5 Å². The minimum atomic E-state index is -4.72. The van der Waals surface area contributed by atoms with Crippen LogP contribution in [0.15, 0.2) is 29.1 Å². The molecule has 1 fully saturated rings. The number of benzene rings is 1. The molecule has 1 aliphatic heterocycles. The maximum absolute atomic E-state index is 12.8. The van der Waals surface area contributed by atoms with Gasteiger partial charge >= 0.3 is 6.36 Å². The zero-order valence-electron chi connectivity index (χ0n) is 18.2. The van der Waals surface area contributed by atoms with E-state index in [9.17, 15) is 23.2 Å². The van der Waals surface area contributed by atoms with Crippen molar-refractivity contribution in [2.24, 2.45) is 13.0 Å². The third-order valence-electron chi connectivity index (χ3n) is 5.77. The summed E-state index contributed by atoms with van der Waals surface area (Å²) in [5, 5.41) is 13.9. The van der Waals surface area contributed by atoms with Crippen LogP contribution in [-0.4, -0.2) is 35.0 Å². The van der Waals surface area contributed by atoms with Crippen molar-refractivity contribution in [1.82, 2.24) is 9.55 Å². The molecule has 0 aliphatic carbocycles. The van der Waals surface area contributed by atoms with Crippen LogP contribution in [0.4, 0.5) is 24.5 Å². The zero-order chi connectivity index (χ0) is 23.9. The Balaban J connectivity index is 1.54. The molecule has 7 nitrogen and oxygen atoms in total. The first-order chi connectivity index (χ1) is 15.6. The first kappa shape index (κ1) is 22.9. The van der Waals surface area contributed by atoms with Crippen molar-refractivity contribution in [3.63, 3.8) is 0 Å². The van der Waals surface area contributed by atoms with E-state index in [-0.39, 0.29) is 28.8 Å². The highest BCUT2D eigenvalue weighted by Gasteiger charge is 2.32. The number of aryl methyl sites for hydroxylation is 2. The Labute approximate surface area is 192 Å². The van der Waals surface area contributed by atoms with Gasteiger partial charge in [-0.15, -0.1) is 24.5 Å². The highest BCUT2D eigenvalue weighted by molar-refractivity contribution is 7.18. The van der Waals surface area contributed by atoms with Gasteiger partial charge in [0.25, 0.3) is 5.56 Å². The lowest BCUT2D eigenvalue weighted by atomic mass is 9.92. The van der Waals surface area contributed by atoms with Crippen LogP contribution in [0.2, 0.25) is 0 Å². The number of nitriles is 1. The quantitative estimate of drug-likeness (QED) is 0.600. The summed E-state index contributed by atoms with van der Waals surface area (Å²) < 4.78 is 42.5. The Kier molecular flexibility index (Phi) is 5.97. The van der Waals surface area contributed by atoms with Gasteiger partial charge in [-0.2, -0.15) is 5.26 Å². The van der Waals surface area contributed by atoms with E-state index in [1.807, 2.05) is 11.8 Å². The lowest BCUT2D eigenvalue weighted by Gasteiger charge is -2.39. The van der Waals surface area contributed by atoms with Crippen LogP contribution in [0.5, 0.6) is 5.75 Å². The van der Waals surface area contributed by atoms with Crippen molar-refractivity contribution in [3.8, 4) is 11.8 Å². The maximum Gasteiger partial charge on any atom is 0.573 e. The average molecular weight is 478 g/mol. The molecule has 0 amide bonds. The molecule has 1 saturated heterocycles. The Morgan fingerprint density at radius 3 is 2.61 bits per heavy atom. The third kappa shape index (κ3) is 4.61. The van der Waals surface area contributed by atoms with Crippen molar-refractivity contribution >= 4 is 33.1 Å². The molecule has 0 spiro atoms. The maximum atomic E-state index is 12.8. The van der Waals surface area contributed by atoms with Crippen LogP contribution in [0.25, 0.3) is 10.3 Å². The molecule has 1 aromatic carbocycles. The van der Waals surface area contributed by atoms with E-state index in [1.54, 1.807) is 19.2 Å². The number of hydrogen-bond donors (Lipinski definition) is 1. The Bertz CT molecular complexity index is 1280. The van der Waals surface area contributed by atoms with Gasteiger partial charge in [0, 0.05) is 31.9 Å². The molecule has 0 bridgehead atoms. The first-order valence-corrected chi connectivity index (χ1v) is 11.2. The van der Waals surface area contributed by atoms with Gasteiger partial charge in [-0.05, 0) is 43.5 Å². The summed E-state index contributed by atoms with van der Waals surface area (Å²) in [6.45, 7) is 5.13. The number of pyridine rings is 1. The summed E-state index contributed by atoms with van der Waals surface area (Å²) in [7, 11) is 1.65. The Hall–Kier alpha value is -3.26. The summed E-state index contributed by atoms with van der Waals surface area (Å²) in [5.41, 5.74) is 1.69. The van der Waals surface area contributed by atoms with Crippen molar-refractivity contribution < 1.29 is 17.9 Å². The van der Waals surface area contributed by atoms with Gasteiger partial charge < -0.3 is 19.5 Å². The number of fused-ring (bicyclic) bond motifs is 1. The molecule has 174 valence electrons. The number of alkyl halides is 3. The second-order valence-electron chi connectivity index (χ2n) is 8.12. The largest absolute Gasteiger partial charge is 0.573 e. The van der Waals surface area contributed by atoms with E-state index in [0.717, 1.165) is 9.84 Å². The van der Waals surface area contributed by atoms with Crippen molar-refractivity contribution in [3.05, 3.63) is 45.2 Å². The highest BCUT2D eigenvalue weighted by atomic mass is 32.1. The predicted octanol–water partition coefficient (Wildman–Crippen LogP) is 4.40. The smallest absolute Gasteiger partial charge is 0.406 e. The van der Waals surface area contributed by atoms with Crippen molar-refractivity contribution in [1.29, 1.82) is 5.26 Å². The van der Waals surface area contributed by atoms with Crippen LogP contribution >= 0.6 is 11.3 Å². The standard InChI is InChI=1S/C22H22F3N5O2S/c1-12-11-30(19-16(10-26)20(31)29(3)21-18(19)27-13(2)33-21)9-8-17(12)28-14-4-6-15(7-5-14)32-22(23,24)25/h4-7,12,17,28H,8-9,11H2,1-3H3/t12-,17+/m0/s1. The van der Waals surface area contributed by atoms with Crippen LogP contribution in [0.1, 0.15) is 23.9 Å². The summed E-state index contributed by atoms with van der Waals surface area (Å²) >= 11 is 1.42. The fourth-order valence-electron chi connectivity index (χ4n) is 4.22. The lowest BCUT2D eigenvalue weighted by Crippen LogP contribution is -2.46. The number of nitrogens with one attached hydrogen (secondary N) is 1. The summed E-state index contributed by atoms with van der Waals surface area (Å²) in [4.78, 5) is 20.2. The number of aromatic nitrogens is 2. The molecule has 0 saturated carbocycles. The summed E-state index contributed by atoms with van der Waals surface area (Å²) in [5.74, 6) is -0.136. The number of anilines is 2. The molecule has 2 atom stereocenters. The average Bonchev–Trinajstić information content (AvgIpc) is 3.13. The van der Waals surface area contributed by atoms with Gasteiger partial charge in [0.15, 0.2) is 0 Å². The van der Waals surface area contributed by atoms with Crippen molar-refractivity contribution in [2.45, 2.75) is 32.7 Å². The molecule has 2 aromatic heterocycles. The zero-order valence-corrected chi connectivity index (χ0v) is 19.0. The molecule has 11 heteroatoms. The van der Waals surface area contributed by atoms with Crippen LogP contribution in [-0.2, 0) is 7.05 Å². The Morgan fingerprint density at radius 2 is 2.00 bits per heavy atom. The number of thiazole rings is 1. The fourth-order valence-corrected chi connectivity index (χ4v) is 5.09. The topological polar surface area (TPSA) is 83.2 Å². The predicted molar refractivity (Wildman–Crippen MR) is 121 cm³/mol. The molecule has 3 heterocycles. The number of nitrogens with zero attached hydrogens (tertiary/aromatic N) is 4. The molecule has 4 rings (SSSR count). The van der Waals surface area contributed by atoms with E-state index in [1.165, 1.54) is 28.0 Å². The minimum absolute atomic E-state index is 0.0698. The van der Waals surface area contributed by atoms with Gasteiger partial charge in [-0.3, -0.25) is 4.79 Å². The number of piperidine rings is 1. The molecule has 33 heavy (non-hydrogen) atoms. The third-order valence-corrected chi connectivity index (χ3v) is 6.82. The summed E-state index contributed by atoms with van der Waals surface area (Å²) in [6, 6.07) is 7.79. The first-order valence-electron chi connectivity index (χ1n) is 10.3. The van der Waals surface area contributed by atoms with Crippen molar-refractivity contribution in [2.75, 3.05) is 23.3 Å². The van der Waals surface area contributed by atoms with Gasteiger partial charge in [-0.25, -0.2) is 4.98 Å². The lowest BCUT2D eigenvalue weighted by molar-refractivity contribution is -0.274. The highest BCUT2D eigenvalue weighted by Crippen LogP contribution is 2.34. The monoisotopic (exact) mass is 477 g/mol. The molecule has 1 N–H and O–H groups in total. The second kappa shape index (κ2) is 8.59. The van der Waals surface area contributed by atoms with Crippen LogP contribution in [0.3, 0.4) is 0 Å². The van der Waals surface area contributed by atoms with Gasteiger partial charge in [0.05, 0.1) is 10.7 Å². The van der Waals surface area contributed by atoms with Gasteiger partial charge in [0.1, 0.15) is 27.7 Å². The van der Waals surface area contributed by atoms with Gasteiger partial charge in [-0.1, -0.05) is 6.92 Å². The van der Waals surface area contributed by atoms with Gasteiger partial charge in [0.2, 0.25) is 0 Å². The molecule has 1 aliphatic rings. The van der Waals surface area contributed by atoms with E-state index in [4.69, 9.17) is 0 Å².